The van der Waals surface area contributed by atoms with Gasteiger partial charge in [0.25, 0.3) is 0 Å². The van der Waals surface area contributed by atoms with Crippen molar-refractivity contribution in [1.82, 2.24) is 10.3 Å². The van der Waals surface area contributed by atoms with Gasteiger partial charge < -0.3 is 5.32 Å². The van der Waals surface area contributed by atoms with Crippen molar-refractivity contribution in [3.63, 3.8) is 0 Å². The van der Waals surface area contributed by atoms with Gasteiger partial charge in [-0.25, -0.2) is 4.98 Å². The zero-order chi connectivity index (χ0) is 14.0. The van der Waals surface area contributed by atoms with Crippen LogP contribution in [0, 0.1) is 0 Å². The molecule has 2 heterocycles. The van der Waals surface area contributed by atoms with E-state index in [1.165, 1.54) is 10.6 Å². The van der Waals surface area contributed by atoms with Crippen molar-refractivity contribution in [1.29, 1.82) is 0 Å². The summed E-state index contributed by atoms with van der Waals surface area (Å²) in [4.78, 5) is 6.11. The molecule has 1 N–H and O–H groups in total. The number of hydrogen-bond acceptors (Lipinski definition) is 4. The van der Waals surface area contributed by atoms with Gasteiger partial charge in [0, 0.05) is 20.8 Å². The van der Waals surface area contributed by atoms with Gasteiger partial charge in [-0.2, -0.15) is 0 Å². The monoisotopic (exact) mass is 358 g/mol. The van der Waals surface area contributed by atoms with Crippen LogP contribution in [0.5, 0.6) is 0 Å². The maximum absolute atomic E-state index is 4.80. The Morgan fingerprint density at radius 3 is 2.42 bits per heavy atom. The van der Waals surface area contributed by atoms with Crippen molar-refractivity contribution < 1.29 is 0 Å². The van der Waals surface area contributed by atoms with Gasteiger partial charge in [0.2, 0.25) is 0 Å². The van der Waals surface area contributed by atoms with E-state index in [0.717, 1.165) is 9.48 Å². The number of thiophene rings is 1. The molecule has 1 atom stereocenters. The molecule has 0 bridgehead atoms. The van der Waals surface area contributed by atoms with E-state index in [4.69, 9.17) is 4.98 Å². The summed E-state index contributed by atoms with van der Waals surface area (Å²) in [5.41, 5.74) is 1.18. The summed E-state index contributed by atoms with van der Waals surface area (Å²) in [6, 6.07) is 2.71. The van der Waals surface area contributed by atoms with Gasteiger partial charge in [0.15, 0.2) is 0 Å². The molecule has 5 heteroatoms. The van der Waals surface area contributed by atoms with E-state index in [-0.39, 0.29) is 6.04 Å². The van der Waals surface area contributed by atoms with E-state index < -0.39 is 0 Å². The molecule has 0 fully saturated rings. The van der Waals surface area contributed by atoms with Crippen molar-refractivity contribution in [3.8, 4) is 0 Å². The van der Waals surface area contributed by atoms with E-state index >= 15 is 0 Å². The summed E-state index contributed by atoms with van der Waals surface area (Å²) < 4.78 is 1.16. The molecule has 0 amide bonds. The van der Waals surface area contributed by atoms with Crippen LogP contribution in [0.4, 0.5) is 0 Å². The van der Waals surface area contributed by atoms with Crippen molar-refractivity contribution in [2.24, 2.45) is 0 Å². The molecule has 2 nitrogen and oxygen atoms in total. The Labute approximate surface area is 131 Å². The highest BCUT2D eigenvalue weighted by molar-refractivity contribution is 9.10. The van der Waals surface area contributed by atoms with Gasteiger partial charge >= 0.3 is 0 Å². The van der Waals surface area contributed by atoms with E-state index in [9.17, 15) is 0 Å². The normalized spacial score (nSPS) is 13.4. The number of nitrogens with one attached hydrogen (secondary N) is 1. The van der Waals surface area contributed by atoms with Gasteiger partial charge in [-0.05, 0) is 47.1 Å². The fourth-order valence-electron chi connectivity index (χ4n) is 1.80. The number of thiazole rings is 1. The summed E-state index contributed by atoms with van der Waals surface area (Å²) in [7, 11) is 0. The Hall–Kier alpha value is -0.230. The fourth-order valence-corrected chi connectivity index (χ4v) is 4.59. The molecule has 104 valence electrons. The van der Waals surface area contributed by atoms with Crippen molar-refractivity contribution in [2.45, 2.75) is 45.7 Å². The van der Waals surface area contributed by atoms with Crippen LogP contribution in [-0.2, 0) is 0 Å². The first-order valence-electron chi connectivity index (χ1n) is 6.43. The molecule has 0 spiro atoms. The van der Waals surface area contributed by atoms with Crippen molar-refractivity contribution in [3.05, 3.63) is 36.9 Å². The lowest BCUT2D eigenvalue weighted by atomic mass is 10.1. The minimum atomic E-state index is 0.187. The Morgan fingerprint density at radius 1 is 1.21 bits per heavy atom. The summed E-state index contributed by atoms with van der Waals surface area (Å²) >= 11 is 7.15. The summed E-state index contributed by atoms with van der Waals surface area (Å²) in [6.45, 7) is 8.71. The second-order valence-electron chi connectivity index (χ2n) is 5.15. The molecule has 19 heavy (non-hydrogen) atoms. The van der Waals surface area contributed by atoms with Crippen LogP contribution in [0.1, 0.15) is 55.2 Å². The SMILES string of the molecule is CC(C)NC(c1nc(C(C)C)cs1)c1sccc1Br. The van der Waals surface area contributed by atoms with Crippen LogP contribution < -0.4 is 5.32 Å². The molecule has 0 aliphatic heterocycles. The molecule has 0 aliphatic rings. The summed E-state index contributed by atoms with van der Waals surface area (Å²) in [5, 5.41) is 9.07. The van der Waals surface area contributed by atoms with Gasteiger partial charge in [-0.1, -0.05) is 13.8 Å². The van der Waals surface area contributed by atoms with Crippen LogP contribution in [0.15, 0.2) is 21.3 Å². The molecule has 0 saturated heterocycles. The third-order valence-corrected chi connectivity index (χ3v) is 5.65. The van der Waals surface area contributed by atoms with Crippen molar-refractivity contribution in [2.75, 3.05) is 0 Å². The van der Waals surface area contributed by atoms with E-state index in [1.807, 2.05) is 0 Å². The minimum absolute atomic E-state index is 0.187. The minimum Gasteiger partial charge on any atom is -0.301 e. The predicted octanol–water partition coefficient (Wildman–Crippen LogP) is 5.18. The third-order valence-electron chi connectivity index (χ3n) is 2.79. The first-order valence-corrected chi connectivity index (χ1v) is 8.98. The maximum atomic E-state index is 4.80. The van der Waals surface area contributed by atoms with Crippen LogP contribution in [0.2, 0.25) is 0 Å². The highest BCUT2D eigenvalue weighted by atomic mass is 79.9. The highest BCUT2D eigenvalue weighted by Crippen LogP contribution is 2.35. The Balaban J connectivity index is 2.34. The van der Waals surface area contributed by atoms with Gasteiger partial charge in [0.05, 0.1) is 11.7 Å². The molecule has 0 aliphatic carbocycles. The van der Waals surface area contributed by atoms with Gasteiger partial charge in [0.1, 0.15) is 5.01 Å². The fraction of sp³-hybridized carbons (Fsp3) is 0.500. The lowest BCUT2D eigenvalue weighted by Crippen LogP contribution is -2.28. The summed E-state index contributed by atoms with van der Waals surface area (Å²) in [5.74, 6) is 0.483. The molecular formula is C14H19BrN2S2. The average molecular weight is 359 g/mol. The quantitative estimate of drug-likeness (QED) is 0.796. The number of nitrogens with zero attached hydrogens (tertiary/aromatic N) is 1. The lowest BCUT2D eigenvalue weighted by molar-refractivity contribution is 0.530. The Bertz CT molecular complexity index is 531. The maximum Gasteiger partial charge on any atom is 0.115 e. The van der Waals surface area contributed by atoms with Crippen LogP contribution in [0.25, 0.3) is 0 Å². The first kappa shape index (κ1) is 15.2. The number of aromatic nitrogens is 1. The Kier molecular flexibility index (Phi) is 5.17. The Morgan fingerprint density at radius 2 is 1.95 bits per heavy atom. The molecule has 1 unspecified atom stereocenters. The number of hydrogen-bond donors (Lipinski definition) is 1. The third kappa shape index (κ3) is 3.66. The first-order chi connectivity index (χ1) is 8.99. The predicted molar refractivity (Wildman–Crippen MR) is 88.3 cm³/mol. The van der Waals surface area contributed by atoms with Crippen LogP contribution in [0.3, 0.4) is 0 Å². The number of rotatable bonds is 5. The van der Waals surface area contributed by atoms with Crippen molar-refractivity contribution >= 4 is 38.6 Å². The molecule has 0 radical (unpaired) electrons. The average Bonchev–Trinajstić information content (AvgIpc) is 2.94. The largest absolute Gasteiger partial charge is 0.301 e. The van der Waals surface area contributed by atoms with E-state index in [1.54, 1.807) is 22.7 Å². The van der Waals surface area contributed by atoms with Crippen LogP contribution >= 0.6 is 38.6 Å². The molecular weight excluding hydrogens is 340 g/mol. The zero-order valence-electron chi connectivity index (χ0n) is 11.6. The molecule has 2 rings (SSSR count). The second-order valence-corrected chi connectivity index (χ2v) is 7.84. The van der Waals surface area contributed by atoms with Gasteiger partial charge in [-0.15, -0.1) is 22.7 Å². The molecule has 0 saturated carbocycles. The second kappa shape index (κ2) is 6.48. The van der Waals surface area contributed by atoms with E-state index in [0.29, 0.717) is 12.0 Å². The molecule has 2 aromatic rings. The standard InChI is InChI=1S/C14H19BrN2S2/c1-8(2)11-7-19-14(17-11)12(16-9(3)4)13-10(15)5-6-18-13/h5-9,12,16H,1-4H3. The smallest absolute Gasteiger partial charge is 0.115 e. The lowest BCUT2D eigenvalue weighted by Gasteiger charge is -2.18. The topological polar surface area (TPSA) is 24.9 Å². The van der Waals surface area contributed by atoms with E-state index in [2.05, 4.69) is 65.8 Å². The highest BCUT2D eigenvalue weighted by Gasteiger charge is 2.22. The summed E-state index contributed by atoms with van der Waals surface area (Å²) in [6.07, 6.45) is 0. The molecule has 0 aromatic carbocycles. The zero-order valence-corrected chi connectivity index (χ0v) is 14.8. The number of halogens is 1. The van der Waals surface area contributed by atoms with Gasteiger partial charge in [-0.3, -0.25) is 0 Å². The molecule has 2 aromatic heterocycles. The van der Waals surface area contributed by atoms with Crippen LogP contribution in [-0.4, -0.2) is 11.0 Å².